The van der Waals surface area contributed by atoms with Crippen molar-refractivity contribution in [2.24, 2.45) is 0 Å². The third-order valence-electron chi connectivity index (χ3n) is 3.80. The van der Waals surface area contributed by atoms with Gasteiger partial charge in [-0.3, -0.25) is 9.59 Å². The molecule has 2 aromatic carbocycles. The van der Waals surface area contributed by atoms with Crippen LogP contribution in [0.3, 0.4) is 0 Å². The molecule has 0 saturated heterocycles. The number of hydrogen-bond acceptors (Lipinski definition) is 6. The van der Waals surface area contributed by atoms with E-state index in [2.05, 4.69) is 0 Å². The average Bonchev–Trinajstić information content (AvgIpc) is 2.46. The van der Waals surface area contributed by atoms with Crippen LogP contribution in [0, 0.1) is 6.92 Å². The number of benzene rings is 2. The molecule has 4 N–H and O–H groups in total. The number of fused-ring (bicyclic) bond motifs is 2. The molecule has 1 aliphatic rings. The Labute approximate surface area is 129 Å². The largest absolute Gasteiger partial charge is 0.507 e. The third kappa shape index (κ3) is 1.80. The lowest BCUT2D eigenvalue weighted by Gasteiger charge is -2.21. The lowest BCUT2D eigenvalue weighted by Crippen LogP contribution is -2.23. The standard InChI is InChI=1S/C16H10O7/c1-5-4-6-10(14(20)9(5)16(22)23)15(21)12-8(18)3-2-7(17)11(12)13(6)19/h2-4,17-18,20H,1H3,(H,22,23). The van der Waals surface area contributed by atoms with E-state index < -0.39 is 51.5 Å². The molecule has 0 bridgehead atoms. The number of phenols is 3. The van der Waals surface area contributed by atoms with E-state index in [1.807, 2.05) is 0 Å². The monoisotopic (exact) mass is 314 g/mol. The van der Waals surface area contributed by atoms with Crippen LogP contribution in [0.1, 0.15) is 47.8 Å². The number of carboxylic acid groups (broad SMARTS) is 1. The van der Waals surface area contributed by atoms with Crippen LogP contribution in [0.5, 0.6) is 17.2 Å². The molecule has 0 saturated carbocycles. The second-order valence-electron chi connectivity index (χ2n) is 5.16. The summed E-state index contributed by atoms with van der Waals surface area (Å²) in [4.78, 5) is 36.3. The summed E-state index contributed by atoms with van der Waals surface area (Å²) in [6.07, 6.45) is 0. The molecule has 0 aromatic heterocycles. The molecule has 3 rings (SSSR count). The molecule has 0 atom stereocenters. The van der Waals surface area contributed by atoms with Gasteiger partial charge in [0.1, 0.15) is 22.8 Å². The first-order valence-electron chi connectivity index (χ1n) is 6.49. The normalized spacial score (nSPS) is 12.7. The summed E-state index contributed by atoms with van der Waals surface area (Å²) in [7, 11) is 0. The van der Waals surface area contributed by atoms with Gasteiger partial charge >= 0.3 is 5.97 Å². The molecule has 0 fully saturated rings. The Kier molecular flexibility index (Phi) is 2.90. The van der Waals surface area contributed by atoms with E-state index in [0.717, 1.165) is 12.1 Å². The summed E-state index contributed by atoms with van der Waals surface area (Å²) in [5, 5.41) is 39.0. The predicted molar refractivity (Wildman–Crippen MR) is 76.4 cm³/mol. The van der Waals surface area contributed by atoms with Gasteiger partial charge < -0.3 is 20.4 Å². The Bertz CT molecular complexity index is 925. The molecule has 7 heteroatoms. The minimum Gasteiger partial charge on any atom is -0.507 e. The van der Waals surface area contributed by atoms with Crippen molar-refractivity contribution >= 4 is 17.5 Å². The number of carboxylic acids is 1. The van der Waals surface area contributed by atoms with Crippen LogP contribution in [0.4, 0.5) is 0 Å². The molecule has 0 aliphatic heterocycles. The van der Waals surface area contributed by atoms with Gasteiger partial charge in [-0.15, -0.1) is 0 Å². The fourth-order valence-corrected chi connectivity index (χ4v) is 2.78. The molecule has 0 spiro atoms. The van der Waals surface area contributed by atoms with Crippen molar-refractivity contribution in [2.45, 2.75) is 6.92 Å². The van der Waals surface area contributed by atoms with Gasteiger partial charge in [-0.1, -0.05) is 0 Å². The first-order chi connectivity index (χ1) is 10.8. The van der Waals surface area contributed by atoms with E-state index in [4.69, 9.17) is 5.11 Å². The maximum atomic E-state index is 12.6. The minimum absolute atomic E-state index is 0.0954. The van der Waals surface area contributed by atoms with Gasteiger partial charge in [0.25, 0.3) is 0 Å². The van der Waals surface area contributed by atoms with Gasteiger partial charge in [-0.05, 0) is 30.7 Å². The maximum absolute atomic E-state index is 12.6. The van der Waals surface area contributed by atoms with Gasteiger partial charge in [0, 0.05) is 5.56 Å². The SMILES string of the molecule is Cc1cc2c(c(O)c1C(=O)O)C(=O)c1c(O)ccc(O)c1C2=O. The van der Waals surface area contributed by atoms with Crippen molar-refractivity contribution in [3.63, 3.8) is 0 Å². The van der Waals surface area contributed by atoms with Gasteiger partial charge in [0.2, 0.25) is 5.78 Å². The zero-order valence-electron chi connectivity index (χ0n) is 11.7. The molecule has 1 aliphatic carbocycles. The van der Waals surface area contributed by atoms with E-state index in [1.54, 1.807) is 0 Å². The molecule has 0 heterocycles. The van der Waals surface area contributed by atoms with E-state index in [1.165, 1.54) is 13.0 Å². The van der Waals surface area contributed by atoms with Crippen molar-refractivity contribution in [3.8, 4) is 17.2 Å². The zero-order chi connectivity index (χ0) is 17.0. The zero-order valence-corrected chi connectivity index (χ0v) is 11.7. The van der Waals surface area contributed by atoms with E-state index >= 15 is 0 Å². The molecule has 116 valence electrons. The number of carbonyl (C=O) groups is 3. The van der Waals surface area contributed by atoms with Crippen LogP contribution in [-0.4, -0.2) is 38.0 Å². The highest BCUT2D eigenvalue weighted by Gasteiger charge is 2.38. The number of rotatable bonds is 1. The number of aromatic carboxylic acids is 1. The van der Waals surface area contributed by atoms with Gasteiger partial charge in [-0.2, -0.15) is 0 Å². The van der Waals surface area contributed by atoms with Crippen LogP contribution in [0.15, 0.2) is 18.2 Å². The van der Waals surface area contributed by atoms with Gasteiger partial charge in [0.15, 0.2) is 5.78 Å². The van der Waals surface area contributed by atoms with Crippen molar-refractivity contribution in [2.75, 3.05) is 0 Å². The number of carbonyl (C=O) groups excluding carboxylic acids is 2. The summed E-state index contributed by atoms with van der Waals surface area (Å²) in [5.41, 5.74) is -1.94. The Balaban J connectivity index is 2.44. The second-order valence-corrected chi connectivity index (χ2v) is 5.16. The van der Waals surface area contributed by atoms with E-state index in [0.29, 0.717) is 0 Å². The highest BCUT2D eigenvalue weighted by molar-refractivity contribution is 6.31. The molecule has 0 unspecified atom stereocenters. The topological polar surface area (TPSA) is 132 Å². The second kappa shape index (κ2) is 4.57. The van der Waals surface area contributed by atoms with Crippen molar-refractivity contribution < 1.29 is 34.8 Å². The fraction of sp³-hybridized carbons (Fsp3) is 0.0625. The Hall–Kier alpha value is -3.35. The Morgan fingerprint density at radius 3 is 1.96 bits per heavy atom. The highest BCUT2D eigenvalue weighted by atomic mass is 16.4. The minimum atomic E-state index is -1.45. The molecular formula is C16H10O7. The maximum Gasteiger partial charge on any atom is 0.339 e. The number of aryl methyl sites for hydroxylation is 1. The summed E-state index contributed by atoms with van der Waals surface area (Å²) >= 11 is 0. The first-order valence-corrected chi connectivity index (χ1v) is 6.49. The smallest absolute Gasteiger partial charge is 0.339 e. The Morgan fingerprint density at radius 2 is 1.43 bits per heavy atom. The van der Waals surface area contributed by atoms with Crippen molar-refractivity contribution in [1.29, 1.82) is 0 Å². The van der Waals surface area contributed by atoms with E-state index in [9.17, 15) is 29.7 Å². The van der Waals surface area contributed by atoms with Crippen LogP contribution in [0.2, 0.25) is 0 Å². The van der Waals surface area contributed by atoms with Gasteiger partial charge in [0.05, 0.1) is 16.7 Å². The lowest BCUT2D eigenvalue weighted by atomic mass is 9.80. The average molecular weight is 314 g/mol. The number of hydrogen-bond donors (Lipinski definition) is 4. The highest BCUT2D eigenvalue weighted by Crippen LogP contribution is 2.42. The number of aromatic hydroxyl groups is 3. The van der Waals surface area contributed by atoms with Gasteiger partial charge in [-0.25, -0.2) is 4.79 Å². The predicted octanol–water partition coefficient (Wildman–Crippen LogP) is 1.59. The fourth-order valence-electron chi connectivity index (χ4n) is 2.78. The Morgan fingerprint density at radius 1 is 0.913 bits per heavy atom. The van der Waals surface area contributed by atoms with Crippen molar-refractivity contribution in [3.05, 3.63) is 51.6 Å². The van der Waals surface area contributed by atoms with Crippen LogP contribution >= 0.6 is 0 Å². The number of ketones is 2. The lowest BCUT2D eigenvalue weighted by molar-refractivity contribution is 0.0692. The molecule has 23 heavy (non-hydrogen) atoms. The summed E-state index contributed by atoms with van der Waals surface area (Å²) < 4.78 is 0. The van der Waals surface area contributed by atoms with Crippen LogP contribution in [0.25, 0.3) is 0 Å². The molecule has 7 nitrogen and oxygen atoms in total. The van der Waals surface area contributed by atoms with Crippen LogP contribution in [-0.2, 0) is 0 Å². The molecular weight excluding hydrogens is 304 g/mol. The molecule has 0 amide bonds. The molecule has 0 radical (unpaired) electrons. The third-order valence-corrected chi connectivity index (χ3v) is 3.80. The van der Waals surface area contributed by atoms with Crippen molar-refractivity contribution in [1.82, 2.24) is 0 Å². The molecule has 2 aromatic rings. The summed E-state index contributed by atoms with van der Waals surface area (Å²) in [6.45, 7) is 1.37. The summed E-state index contributed by atoms with van der Waals surface area (Å²) in [6, 6.07) is 3.28. The quantitative estimate of drug-likeness (QED) is 0.501. The summed E-state index contributed by atoms with van der Waals surface area (Å²) in [5.74, 6) is -5.02. The van der Waals surface area contributed by atoms with Crippen LogP contribution < -0.4 is 0 Å². The number of phenolic OH excluding ortho intramolecular Hbond substituents is 2. The first kappa shape index (κ1) is 14.6. The van der Waals surface area contributed by atoms with E-state index in [-0.39, 0.29) is 16.7 Å².